The molecule has 1 saturated heterocycles. The molecule has 14 heavy (non-hydrogen) atoms. The second-order valence-corrected chi connectivity index (χ2v) is 4.13. The van der Waals surface area contributed by atoms with Gasteiger partial charge in [0.2, 0.25) is 0 Å². The van der Waals surface area contributed by atoms with Crippen LogP contribution in [0.25, 0.3) is 0 Å². The monoisotopic (exact) mass is 194 g/mol. The molecule has 1 N–H and O–H groups in total. The van der Waals surface area contributed by atoms with Crippen molar-refractivity contribution in [2.45, 2.75) is 25.4 Å². The van der Waals surface area contributed by atoms with E-state index in [0.717, 1.165) is 19.5 Å². The van der Waals surface area contributed by atoms with E-state index in [1.54, 1.807) is 0 Å². The summed E-state index contributed by atoms with van der Waals surface area (Å²) in [6, 6.07) is 2.53. The Morgan fingerprint density at radius 3 is 3.07 bits per heavy atom. The van der Waals surface area contributed by atoms with Crippen molar-refractivity contribution in [3.05, 3.63) is 24.0 Å². The molecule has 1 aliphatic heterocycles. The Morgan fingerprint density at radius 2 is 2.43 bits per heavy atom. The summed E-state index contributed by atoms with van der Waals surface area (Å²) in [5.74, 6) is 0. The van der Waals surface area contributed by atoms with Crippen LogP contribution in [0.15, 0.2) is 18.5 Å². The highest BCUT2D eigenvalue weighted by Crippen LogP contribution is 2.19. The standard InChI is InChI=1S/C11H18N2O/c1-12-6-4-10(7-12)8-13-5-2-3-11(13)9-14/h4,6-7,11,14H,2-3,5,8-9H2,1H3/t11-/m0/s1. The topological polar surface area (TPSA) is 28.4 Å². The largest absolute Gasteiger partial charge is 0.395 e. The minimum absolute atomic E-state index is 0.298. The first-order valence-electron chi connectivity index (χ1n) is 5.25. The van der Waals surface area contributed by atoms with Crippen LogP contribution in [-0.4, -0.2) is 33.8 Å². The smallest absolute Gasteiger partial charge is 0.0587 e. The fourth-order valence-corrected chi connectivity index (χ4v) is 2.20. The van der Waals surface area contributed by atoms with Gasteiger partial charge in [0.25, 0.3) is 0 Å². The van der Waals surface area contributed by atoms with E-state index in [1.165, 1.54) is 12.0 Å². The Labute approximate surface area is 85.0 Å². The Balaban J connectivity index is 1.96. The first-order chi connectivity index (χ1) is 6.79. The third-order valence-corrected chi connectivity index (χ3v) is 2.99. The Hall–Kier alpha value is -0.800. The van der Waals surface area contributed by atoms with E-state index in [9.17, 15) is 5.11 Å². The van der Waals surface area contributed by atoms with Crippen LogP contribution in [0, 0.1) is 0 Å². The molecule has 0 saturated carbocycles. The van der Waals surface area contributed by atoms with E-state index in [-0.39, 0.29) is 0 Å². The zero-order valence-corrected chi connectivity index (χ0v) is 8.69. The maximum absolute atomic E-state index is 9.17. The van der Waals surface area contributed by atoms with Gasteiger partial charge >= 0.3 is 0 Å². The highest BCUT2D eigenvalue weighted by Gasteiger charge is 2.23. The van der Waals surface area contributed by atoms with E-state index in [4.69, 9.17) is 0 Å². The number of nitrogens with zero attached hydrogens (tertiary/aromatic N) is 2. The highest BCUT2D eigenvalue weighted by molar-refractivity contribution is 5.10. The molecule has 78 valence electrons. The summed E-state index contributed by atoms with van der Waals surface area (Å²) in [6.07, 6.45) is 6.58. The highest BCUT2D eigenvalue weighted by atomic mass is 16.3. The van der Waals surface area contributed by atoms with Gasteiger partial charge in [-0.25, -0.2) is 0 Å². The van der Waals surface area contributed by atoms with Gasteiger partial charge in [-0.05, 0) is 31.0 Å². The lowest BCUT2D eigenvalue weighted by molar-refractivity contribution is 0.153. The number of likely N-dealkylation sites (tertiary alicyclic amines) is 1. The maximum Gasteiger partial charge on any atom is 0.0587 e. The average Bonchev–Trinajstić information content (AvgIpc) is 2.76. The fourth-order valence-electron chi connectivity index (χ4n) is 2.20. The van der Waals surface area contributed by atoms with Gasteiger partial charge in [0, 0.05) is 32.0 Å². The molecule has 1 fully saturated rings. The normalized spacial score (nSPS) is 23.1. The molecular formula is C11H18N2O. The zero-order valence-electron chi connectivity index (χ0n) is 8.69. The van der Waals surface area contributed by atoms with Gasteiger partial charge in [-0.3, -0.25) is 4.90 Å². The lowest BCUT2D eigenvalue weighted by Crippen LogP contribution is -2.31. The van der Waals surface area contributed by atoms with Crippen LogP contribution in [0.5, 0.6) is 0 Å². The number of rotatable bonds is 3. The van der Waals surface area contributed by atoms with E-state index >= 15 is 0 Å². The molecule has 0 radical (unpaired) electrons. The molecule has 2 rings (SSSR count). The van der Waals surface area contributed by atoms with Gasteiger partial charge in [0.1, 0.15) is 0 Å². The van der Waals surface area contributed by atoms with Gasteiger partial charge < -0.3 is 9.67 Å². The summed E-state index contributed by atoms with van der Waals surface area (Å²) in [4.78, 5) is 2.37. The van der Waals surface area contributed by atoms with Gasteiger partial charge in [-0.1, -0.05) is 0 Å². The summed E-state index contributed by atoms with van der Waals surface area (Å²) in [7, 11) is 2.04. The third-order valence-electron chi connectivity index (χ3n) is 2.99. The number of aliphatic hydroxyl groups excluding tert-OH is 1. The molecule has 1 aromatic heterocycles. The van der Waals surface area contributed by atoms with Crippen LogP contribution < -0.4 is 0 Å². The van der Waals surface area contributed by atoms with Crippen molar-refractivity contribution < 1.29 is 5.11 Å². The minimum atomic E-state index is 0.298. The predicted octanol–water partition coefficient (Wildman–Crippen LogP) is 0.982. The molecule has 0 spiro atoms. The van der Waals surface area contributed by atoms with Crippen LogP contribution >= 0.6 is 0 Å². The Kier molecular flexibility index (Phi) is 2.89. The number of aromatic nitrogens is 1. The van der Waals surface area contributed by atoms with E-state index in [0.29, 0.717) is 12.6 Å². The molecule has 0 bridgehead atoms. The number of aryl methyl sites for hydroxylation is 1. The summed E-state index contributed by atoms with van der Waals surface area (Å²) < 4.78 is 2.07. The maximum atomic E-state index is 9.17. The van der Waals surface area contributed by atoms with Crippen molar-refractivity contribution >= 4 is 0 Å². The lowest BCUT2D eigenvalue weighted by Gasteiger charge is -2.21. The van der Waals surface area contributed by atoms with Crippen LogP contribution in [0.3, 0.4) is 0 Å². The molecule has 0 aromatic carbocycles. The van der Waals surface area contributed by atoms with E-state index in [2.05, 4.69) is 27.9 Å². The fraction of sp³-hybridized carbons (Fsp3) is 0.636. The zero-order chi connectivity index (χ0) is 9.97. The molecule has 2 heterocycles. The second-order valence-electron chi connectivity index (χ2n) is 4.13. The quantitative estimate of drug-likeness (QED) is 0.777. The van der Waals surface area contributed by atoms with Crippen LogP contribution in [0.1, 0.15) is 18.4 Å². The van der Waals surface area contributed by atoms with Crippen molar-refractivity contribution in [2.75, 3.05) is 13.2 Å². The van der Waals surface area contributed by atoms with Crippen molar-refractivity contribution in [2.24, 2.45) is 7.05 Å². The van der Waals surface area contributed by atoms with Gasteiger partial charge in [0.05, 0.1) is 6.61 Å². The molecule has 0 unspecified atom stereocenters. The molecular weight excluding hydrogens is 176 g/mol. The number of aliphatic hydroxyl groups is 1. The van der Waals surface area contributed by atoms with Gasteiger partial charge in [-0.2, -0.15) is 0 Å². The molecule has 3 heteroatoms. The first-order valence-corrected chi connectivity index (χ1v) is 5.25. The van der Waals surface area contributed by atoms with Gasteiger partial charge in [0.15, 0.2) is 0 Å². The van der Waals surface area contributed by atoms with Crippen LogP contribution in [0.4, 0.5) is 0 Å². The number of hydrogen-bond acceptors (Lipinski definition) is 2. The Morgan fingerprint density at radius 1 is 1.57 bits per heavy atom. The molecule has 1 aliphatic rings. The Bertz CT molecular complexity index is 295. The van der Waals surface area contributed by atoms with Crippen LogP contribution in [-0.2, 0) is 13.6 Å². The summed E-state index contributed by atoms with van der Waals surface area (Å²) in [5, 5.41) is 9.17. The lowest BCUT2D eigenvalue weighted by atomic mass is 10.2. The summed E-state index contributed by atoms with van der Waals surface area (Å²) >= 11 is 0. The van der Waals surface area contributed by atoms with Crippen molar-refractivity contribution in [3.8, 4) is 0 Å². The summed E-state index contributed by atoms with van der Waals surface area (Å²) in [5.41, 5.74) is 1.34. The van der Waals surface area contributed by atoms with Crippen LogP contribution in [0.2, 0.25) is 0 Å². The first kappa shape index (κ1) is 9.74. The second kappa shape index (κ2) is 4.15. The van der Waals surface area contributed by atoms with E-state index < -0.39 is 0 Å². The van der Waals surface area contributed by atoms with E-state index in [1.807, 2.05) is 7.05 Å². The predicted molar refractivity (Wildman–Crippen MR) is 55.9 cm³/mol. The van der Waals surface area contributed by atoms with Crippen molar-refractivity contribution in [1.82, 2.24) is 9.47 Å². The van der Waals surface area contributed by atoms with Gasteiger partial charge in [-0.15, -0.1) is 0 Å². The number of hydrogen-bond donors (Lipinski definition) is 1. The molecule has 0 amide bonds. The van der Waals surface area contributed by atoms with Crippen molar-refractivity contribution in [3.63, 3.8) is 0 Å². The average molecular weight is 194 g/mol. The third kappa shape index (κ3) is 1.99. The molecule has 1 atom stereocenters. The SMILES string of the molecule is Cn1ccc(CN2CCC[C@H]2CO)c1. The molecule has 1 aromatic rings. The summed E-state index contributed by atoms with van der Waals surface area (Å²) in [6.45, 7) is 2.40. The minimum Gasteiger partial charge on any atom is -0.395 e. The molecule has 3 nitrogen and oxygen atoms in total. The molecule has 0 aliphatic carbocycles. The van der Waals surface area contributed by atoms with Crippen molar-refractivity contribution in [1.29, 1.82) is 0 Å².